The van der Waals surface area contributed by atoms with Crippen LogP contribution in [0.15, 0.2) is 23.1 Å². The van der Waals surface area contributed by atoms with E-state index in [9.17, 15) is 5.26 Å². The molecule has 2 nitrogen and oxygen atoms in total. The maximum Gasteiger partial charge on any atom is 0.134 e. The molecular weight excluding hydrogens is 272 g/mol. The molecular formula is C15H14N2S2. The maximum absolute atomic E-state index is 9.39. The maximum atomic E-state index is 9.39. The number of allylic oxidation sites excluding steroid dienone is 2. The van der Waals surface area contributed by atoms with Crippen molar-refractivity contribution in [2.45, 2.75) is 32.6 Å². The van der Waals surface area contributed by atoms with Crippen molar-refractivity contribution in [3.63, 3.8) is 0 Å². The molecule has 1 aliphatic rings. The summed E-state index contributed by atoms with van der Waals surface area (Å²) in [6.45, 7) is 2.10. The van der Waals surface area contributed by atoms with E-state index in [0.29, 0.717) is 0 Å². The second-order valence-electron chi connectivity index (χ2n) is 4.75. The number of nitrogens with zero attached hydrogens (tertiary/aromatic N) is 2. The summed E-state index contributed by atoms with van der Waals surface area (Å²) in [4.78, 5) is 7.14. The van der Waals surface area contributed by atoms with Crippen LogP contribution in [0, 0.1) is 18.3 Å². The molecule has 2 aromatic heterocycles. The third-order valence-electron chi connectivity index (χ3n) is 3.38. The third-order valence-corrected chi connectivity index (χ3v) is 5.27. The molecule has 0 aliphatic heterocycles. The average Bonchev–Trinajstić information content (AvgIpc) is 3.10. The van der Waals surface area contributed by atoms with Gasteiger partial charge in [-0.25, -0.2) is 4.98 Å². The fourth-order valence-electron chi connectivity index (χ4n) is 2.40. The topological polar surface area (TPSA) is 36.7 Å². The first-order valence-corrected chi connectivity index (χ1v) is 8.12. The molecule has 0 amide bonds. The molecule has 96 valence electrons. The van der Waals surface area contributed by atoms with Crippen LogP contribution >= 0.6 is 22.7 Å². The standard InChI is InChI=1S/C15H14N2S2/c1-10-6-7-14(19-10)13-9-18-15(17-13)12(8-16)11-4-2-3-5-11/h6-7,9H,2-5H2,1H3. The van der Waals surface area contributed by atoms with Gasteiger partial charge < -0.3 is 0 Å². The first-order chi connectivity index (χ1) is 9.28. The molecule has 0 aromatic carbocycles. The van der Waals surface area contributed by atoms with Crippen LogP contribution in [0.4, 0.5) is 0 Å². The fraction of sp³-hybridized carbons (Fsp3) is 0.333. The highest BCUT2D eigenvalue weighted by atomic mass is 32.1. The lowest BCUT2D eigenvalue weighted by Gasteiger charge is -1.98. The predicted octanol–water partition coefficient (Wildman–Crippen LogP) is 5.03. The van der Waals surface area contributed by atoms with Crippen molar-refractivity contribution in [2.75, 3.05) is 0 Å². The molecule has 19 heavy (non-hydrogen) atoms. The lowest BCUT2D eigenvalue weighted by molar-refractivity contribution is 0.886. The van der Waals surface area contributed by atoms with Crippen LogP contribution in [-0.2, 0) is 0 Å². The average molecular weight is 286 g/mol. The zero-order valence-electron chi connectivity index (χ0n) is 10.8. The van der Waals surface area contributed by atoms with Crippen molar-refractivity contribution in [1.29, 1.82) is 5.26 Å². The van der Waals surface area contributed by atoms with E-state index in [0.717, 1.165) is 29.1 Å². The van der Waals surface area contributed by atoms with Crippen molar-refractivity contribution in [2.24, 2.45) is 0 Å². The number of hydrogen-bond donors (Lipinski definition) is 0. The van der Waals surface area contributed by atoms with E-state index in [-0.39, 0.29) is 0 Å². The quantitative estimate of drug-likeness (QED) is 0.726. The minimum Gasteiger partial charge on any atom is -0.234 e. The summed E-state index contributed by atoms with van der Waals surface area (Å²) in [6.07, 6.45) is 4.55. The Morgan fingerprint density at radius 3 is 2.74 bits per heavy atom. The molecule has 0 atom stereocenters. The van der Waals surface area contributed by atoms with Gasteiger partial charge in [0.25, 0.3) is 0 Å². The number of thiazole rings is 1. The van der Waals surface area contributed by atoms with E-state index in [1.807, 2.05) is 0 Å². The van der Waals surface area contributed by atoms with E-state index < -0.39 is 0 Å². The number of aryl methyl sites for hydroxylation is 1. The van der Waals surface area contributed by atoms with E-state index in [1.165, 1.54) is 28.2 Å². The number of rotatable bonds is 2. The molecule has 1 aliphatic carbocycles. The van der Waals surface area contributed by atoms with E-state index in [2.05, 4.69) is 35.5 Å². The Kier molecular flexibility index (Phi) is 3.50. The van der Waals surface area contributed by atoms with Gasteiger partial charge in [0.2, 0.25) is 0 Å². The first-order valence-electron chi connectivity index (χ1n) is 6.43. The van der Waals surface area contributed by atoms with Crippen molar-refractivity contribution >= 4 is 28.2 Å². The van der Waals surface area contributed by atoms with Gasteiger partial charge in [-0.15, -0.1) is 22.7 Å². The summed E-state index contributed by atoms with van der Waals surface area (Å²) < 4.78 is 0. The smallest absolute Gasteiger partial charge is 0.134 e. The van der Waals surface area contributed by atoms with Gasteiger partial charge in [-0.05, 0) is 50.3 Å². The normalized spacial score (nSPS) is 14.6. The lowest BCUT2D eigenvalue weighted by Crippen LogP contribution is -1.86. The Hall–Kier alpha value is -1.44. The van der Waals surface area contributed by atoms with Gasteiger partial charge in [-0.1, -0.05) is 0 Å². The molecule has 0 saturated heterocycles. The van der Waals surface area contributed by atoms with Crippen LogP contribution in [-0.4, -0.2) is 4.98 Å². The number of hydrogen-bond acceptors (Lipinski definition) is 4. The van der Waals surface area contributed by atoms with Gasteiger partial charge in [0.1, 0.15) is 11.1 Å². The molecule has 0 unspecified atom stereocenters. The highest BCUT2D eigenvalue weighted by Gasteiger charge is 2.17. The number of thiophene rings is 1. The van der Waals surface area contributed by atoms with E-state index in [1.54, 1.807) is 22.7 Å². The first kappa shape index (κ1) is 12.6. The fourth-order valence-corrected chi connectivity index (χ4v) is 4.17. The van der Waals surface area contributed by atoms with Gasteiger partial charge in [0, 0.05) is 10.3 Å². The zero-order valence-corrected chi connectivity index (χ0v) is 12.4. The molecule has 4 heteroatoms. The molecule has 2 aromatic rings. The second-order valence-corrected chi connectivity index (χ2v) is 6.89. The second kappa shape index (κ2) is 5.28. The summed E-state index contributed by atoms with van der Waals surface area (Å²) in [7, 11) is 0. The molecule has 2 heterocycles. The Morgan fingerprint density at radius 2 is 2.11 bits per heavy atom. The van der Waals surface area contributed by atoms with Crippen LogP contribution in [0.5, 0.6) is 0 Å². The SMILES string of the molecule is Cc1ccc(-c2csc(C(C#N)=C3CCCC3)n2)s1. The summed E-state index contributed by atoms with van der Waals surface area (Å²) in [5, 5.41) is 12.3. The van der Waals surface area contributed by atoms with Crippen LogP contribution in [0.1, 0.15) is 35.6 Å². The van der Waals surface area contributed by atoms with Crippen molar-refractivity contribution < 1.29 is 0 Å². The van der Waals surface area contributed by atoms with E-state index >= 15 is 0 Å². The Bertz CT molecular complexity index is 662. The zero-order chi connectivity index (χ0) is 13.2. The van der Waals surface area contributed by atoms with Crippen molar-refractivity contribution in [3.05, 3.63) is 33.0 Å². The molecule has 1 fully saturated rings. The van der Waals surface area contributed by atoms with Gasteiger partial charge in [-0.3, -0.25) is 0 Å². The lowest BCUT2D eigenvalue weighted by atomic mass is 10.1. The third kappa shape index (κ3) is 2.49. The van der Waals surface area contributed by atoms with Crippen LogP contribution in [0.25, 0.3) is 16.1 Å². The summed E-state index contributed by atoms with van der Waals surface area (Å²) in [5.74, 6) is 0. The summed E-state index contributed by atoms with van der Waals surface area (Å²) >= 11 is 3.34. The molecule has 3 rings (SSSR count). The molecule has 0 spiro atoms. The molecule has 0 radical (unpaired) electrons. The minimum absolute atomic E-state index is 0.821. The molecule has 0 bridgehead atoms. The number of nitriles is 1. The predicted molar refractivity (Wildman–Crippen MR) is 81.2 cm³/mol. The van der Waals surface area contributed by atoms with E-state index in [4.69, 9.17) is 0 Å². The van der Waals surface area contributed by atoms with Gasteiger partial charge >= 0.3 is 0 Å². The monoisotopic (exact) mass is 286 g/mol. The Balaban J connectivity index is 1.97. The molecule has 1 saturated carbocycles. The number of aromatic nitrogens is 1. The highest BCUT2D eigenvalue weighted by Crippen LogP contribution is 2.35. The van der Waals surface area contributed by atoms with Gasteiger partial charge in [0.05, 0.1) is 16.1 Å². The minimum atomic E-state index is 0.821. The summed E-state index contributed by atoms with van der Waals surface area (Å²) in [6, 6.07) is 6.58. The van der Waals surface area contributed by atoms with Crippen LogP contribution in [0.2, 0.25) is 0 Å². The van der Waals surface area contributed by atoms with Gasteiger partial charge in [0.15, 0.2) is 0 Å². The Morgan fingerprint density at radius 1 is 1.32 bits per heavy atom. The van der Waals surface area contributed by atoms with Crippen molar-refractivity contribution in [3.8, 4) is 16.6 Å². The van der Waals surface area contributed by atoms with Crippen LogP contribution < -0.4 is 0 Å². The van der Waals surface area contributed by atoms with Gasteiger partial charge in [-0.2, -0.15) is 5.26 Å². The largest absolute Gasteiger partial charge is 0.234 e. The van der Waals surface area contributed by atoms with Crippen molar-refractivity contribution in [1.82, 2.24) is 4.98 Å². The highest BCUT2D eigenvalue weighted by molar-refractivity contribution is 7.16. The van der Waals surface area contributed by atoms with Crippen LogP contribution in [0.3, 0.4) is 0 Å². The Labute approximate surface area is 121 Å². The molecule has 0 N–H and O–H groups in total. The summed E-state index contributed by atoms with van der Waals surface area (Å²) in [5.41, 5.74) is 3.12.